The van der Waals surface area contributed by atoms with Crippen molar-refractivity contribution < 1.29 is 4.74 Å². The summed E-state index contributed by atoms with van der Waals surface area (Å²) in [6.07, 6.45) is 2.04. The SMILES string of the molecule is COc1ccc(CN2c3ccccc3CCc3cc(Cl)ccc32)cc1. The zero-order chi connectivity index (χ0) is 17.2. The summed E-state index contributed by atoms with van der Waals surface area (Å²) in [5.41, 5.74) is 6.45. The van der Waals surface area contributed by atoms with Crippen LogP contribution in [0.15, 0.2) is 66.7 Å². The lowest BCUT2D eigenvalue weighted by Gasteiger charge is -2.27. The quantitative estimate of drug-likeness (QED) is 0.593. The van der Waals surface area contributed by atoms with Gasteiger partial charge in [0.15, 0.2) is 0 Å². The van der Waals surface area contributed by atoms with E-state index in [0.717, 1.165) is 30.2 Å². The number of halogens is 1. The number of hydrogen-bond donors (Lipinski definition) is 0. The van der Waals surface area contributed by atoms with Crippen LogP contribution in [0.4, 0.5) is 11.4 Å². The average Bonchev–Trinajstić information content (AvgIpc) is 2.80. The number of rotatable bonds is 3. The van der Waals surface area contributed by atoms with Crippen LogP contribution in [0, 0.1) is 0 Å². The van der Waals surface area contributed by atoms with Gasteiger partial charge in [-0.25, -0.2) is 0 Å². The van der Waals surface area contributed by atoms with Gasteiger partial charge in [-0.1, -0.05) is 41.9 Å². The largest absolute Gasteiger partial charge is 0.497 e. The van der Waals surface area contributed by atoms with Crippen LogP contribution in [0.2, 0.25) is 5.02 Å². The van der Waals surface area contributed by atoms with Crippen molar-refractivity contribution in [3.63, 3.8) is 0 Å². The first-order chi connectivity index (χ1) is 12.2. The Morgan fingerprint density at radius 3 is 2.40 bits per heavy atom. The highest BCUT2D eigenvalue weighted by molar-refractivity contribution is 6.30. The van der Waals surface area contributed by atoms with Gasteiger partial charge in [-0.05, 0) is 65.9 Å². The molecule has 0 fully saturated rings. The van der Waals surface area contributed by atoms with E-state index in [2.05, 4.69) is 53.4 Å². The number of hydrogen-bond acceptors (Lipinski definition) is 2. The Bertz CT molecular complexity index is 889. The third-order valence-corrected chi connectivity index (χ3v) is 5.01. The molecular formula is C22H20ClNO. The molecule has 4 rings (SSSR count). The average molecular weight is 350 g/mol. The Kier molecular flexibility index (Phi) is 4.37. The van der Waals surface area contributed by atoms with Crippen LogP contribution in [0.1, 0.15) is 16.7 Å². The maximum Gasteiger partial charge on any atom is 0.118 e. The van der Waals surface area contributed by atoms with E-state index in [4.69, 9.17) is 16.3 Å². The molecule has 0 amide bonds. The van der Waals surface area contributed by atoms with Crippen molar-refractivity contribution >= 4 is 23.0 Å². The van der Waals surface area contributed by atoms with E-state index in [1.807, 2.05) is 18.2 Å². The van der Waals surface area contributed by atoms with Crippen molar-refractivity contribution in [1.29, 1.82) is 0 Å². The number of nitrogens with zero attached hydrogens (tertiary/aromatic N) is 1. The summed E-state index contributed by atoms with van der Waals surface area (Å²) in [6.45, 7) is 0.815. The number of methoxy groups -OCH3 is 1. The molecule has 0 aliphatic carbocycles. The zero-order valence-corrected chi connectivity index (χ0v) is 15.0. The summed E-state index contributed by atoms with van der Waals surface area (Å²) in [6, 6.07) is 23.2. The molecule has 0 N–H and O–H groups in total. The third-order valence-electron chi connectivity index (χ3n) is 4.78. The summed E-state index contributed by atoms with van der Waals surface area (Å²) >= 11 is 6.25. The van der Waals surface area contributed by atoms with Gasteiger partial charge in [-0.2, -0.15) is 0 Å². The minimum absolute atomic E-state index is 0.800. The molecule has 0 bridgehead atoms. The fourth-order valence-corrected chi connectivity index (χ4v) is 3.68. The van der Waals surface area contributed by atoms with E-state index in [1.165, 1.54) is 28.1 Å². The molecule has 3 aromatic rings. The van der Waals surface area contributed by atoms with Crippen molar-refractivity contribution in [3.05, 3.63) is 88.4 Å². The molecule has 1 aliphatic heterocycles. The number of anilines is 2. The van der Waals surface area contributed by atoms with Crippen LogP contribution in [-0.2, 0) is 19.4 Å². The fourth-order valence-electron chi connectivity index (χ4n) is 3.49. The first-order valence-corrected chi connectivity index (χ1v) is 8.89. The topological polar surface area (TPSA) is 12.5 Å². The number of aryl methyl sites for hydroxylation is 2. The lowest BCUT2D eigenvalue weighted by molar-refractivity contribution is 0.414. The molecule has 3 aromatic carbocycles. The highest BCUT2D eigenvalue weighted by Crippen LogP contribution is 2.38. The van der Waals surface area contributed by atoms with Crippen LogP contribution < -0.4 is 9.64 Å². The van der Waals surface area contributed by atoms with E-state index in [0.29, 0.717) is 0 Å². The van der Waals surface area contributed by atoms with Crippen LogP contribution in [-0.4, -0.2) is 7.11 Å². The summed E-state index contributed by atoms with van der Waals surface area (Å²) in [5.74, 6) is 0.882. The zero-order valence-electron chi connectivity index (χ0n) is 14.2. The van der Waals surface area contributed by atoms with Crippen LogP contribution in [0.25, 0.3) is 0 Å². The van der Waals surface area contributed by atoms with E-state index < -0.39 is 0 Å². The third kappa shape index (κ3) is 3.22. The van der Waals surface area contributed by atoms with Gasteiger partial charge < -0.3 is 9.64 Å². The van der Waals surface area contributed by atoms with E-state index in [9.17, 15) is 0 Å². The Balaban J connectivity index is 1.78. The standard InChI is InChI=1S/C22H20ClNO/c1-25-20-11-6-16(7-12-20)15-24-21-5-3-2-4-17(21)8-9-18-14-19(23)10-13-22(18)24/h2-7,10-14H,8-9,15H2,1H3. The maximum absolute atomic E-state index is 6.25. The molecule has 1 heterocycles. The fraction of sp³-hybridized carbons (Fsp3) is 0.182. The van der Waals surface area contributed by atoms with E-state index in [-0.39, 0.29) is 0 Å². The predicted molar refractivity (Wildman–Crippen MR) is 104 cm³/mol. The lowest BCUT2D eigenvalue weighted by Crippen LogP contribution is -2.17. The van der Waals surface area contributed by atoms with Crippen LogP contribution >= 0.6 is 11.6 Å². The van der Waals surface area contributed by atoms with Crippen molar-refractivity contribution in [3.8, 4) is 5.75 Å². The molecular weight excluding hydrogens is 330 g/mol. The van der Waals surface area contributed by atoms with Gasteiger partial charge >= 0.3 is 0 Å². The van der Waals surface area contributed by atoms with Gasteiger partial charge in [-0.15, -0.1) is 0 Å². The van der Waals surface area contributed by atoms with Crippen molar-refractivity contribution in [2.75, 3.05) is 12.0 Å². The Hall–Kier alpha value is -2.45. The van der Waals surface area contributed by atoms with Crippen molar-refractivity contribution in [2.45, 2.75) is 19.4 Å². The molecule has 0 radical (unpaired) electrons. The second-order valence-corrected chi connectivity index (χ2v) is 6.77. The summed E-state index contributed by atoms with van der Waals surface area (Å²) in [7, 11) is 1.69. The highest BCUT2D eigenvalue weighted by Gasteiger charge is 2.20. The van der Waals surface area contributed by atoms with Gasteiger partial charge in [0.25, 0.3) is 0 Å². The molecule has 2 nitrogen and oxygen atoms in total. The first kappa shape index (κ1) is 16.0. The summed E-state index contributed by atoms with van der Waals surface area (Å²) in [5, 5.41) is 0.800. The Morgan fingerprint density at radius 2 is 1.60 bits per heavy atom. The molecule has 0 atom stereocenters. The van der Waals surface area contributed by atoms with Gasteiger partial charge in [-0.3, -0.25) is 0 Å². The molecule has 25 heavy (non-hydrogen) atoms. The minimum atomic E-state index is 0.800. The van der Waals surface area contributed by atoms with Crippen molar-refractivity contribution in [2.24, 2.45) is 0 Å². The summed E-state index contributed by atoms with van der Waals surface area (Å²) < 4.78 is 5.28. The molecule has 126 valence electrons. The predicted octanol–water partition coefficient (Wildman–Crippen LogP) is 5.79. The van der Waals surface area contributed by atoms with Crippen molar-refractivity contribution in [1.82, 2.24) is 0 Å². The number of fused-ring (bicyclic) bond motifs is 2. The monoisotopic (exact) mass is 349 g/mol. The van der Waals surface area contributed by atoms with E-state index in [1.54, 1.807) is 7.11 Å². The number of ether oxygens (including phenoxy) is 1. The minimum Gasteiger partial charge on any atom is -0.497 e. The Labute approximate surface area is 153 Å². The van der Waals surface area contributed by atoms with Gasteiger partial charge in [0, 0.05) is 22.9 Å². The second-order valence-electron chi connectivity index (χ2n) is 6.34. The molecule has 0 saturated carbocycles. The normalized spacial score (nSPS) is 13.0. The molecule has 1 aliphatic rings. The van der Waals surface area contributed by atoms with Gasteiger partial charge in [0.05, 0.1) is 7.11 Å². The van der Waals surface area contributed by atoms with Crippen LogP contribution in [0.3, 0.4) is 0 Å². The van der Waals surface area contributed by atoms with E-state index >= 15 is 0 Å². The number of benzene rings is 3. The first-order valence-electron chi connectivity index (χ1n) is 8.51. The highest BCUT2D eigenvalue weighted by atomic mass is 35.5. The van der Waals surface area contributed by atoms with Crippen LogP contribution in [0.5, 0.6) is 5.75 Å². The molecule has 0 unspecified atom stereocenters. The number of para-hydroxylation sites is 1. The molecule has 0 saturated heterocycles. The van der Waals surface area contributed by atoms with Gasteiger partial charge in [0.1, 0.15) is 5.75 Å². The Morgan fingerprint density at radius 1 is 0.880 bits per heavy atom. The smallest absolute Gasteiger partial charge is 0.118 e. The molecule has 0 aromatic heterocycles. The maximum atomic E-state index is 6.25. The molecule has 3 heteroatoms. The lowest BCUT2D eigenvalue weighted by atomic mass is 10.0. The second kappa shape index (κ2) is 6.81. The summed E-state index contributed by atoms with van der Waals surface area (Å²) in [4.78, 5) is 2.40. The molecule has 0 spiro atoms. The van der Waals surface area contributed by atoms with Gasteiger partial charge in [0.2, 0.25) is 0 Å².